The third-order valence-electron chi connectivity index (χ3n) is 0.654. The van der Waals surface area contributed by atoms with E-state index in [-0.39, 0.29) is 0 Å². The molecule has 0 atom stereocenters. The first-order valence-electron chi connectivity index (χ1n) is 2.56. The summed E-state index contributed by atoms with van der Waals surface area (Å²) in [6.07, 6.45) is 4.97. The first-order valence-corrected chi connectivity index (χ1v) is 2.56. The van der Waals surface area contributed by atoms with Gasteiger partial charge in [-0.15, -0.1) is 6.42 Å². The monoisotopic (exact) mass is 109 g/mol. The Morgan fingerprint density at radius 1 is 1.88 bits per heavy atom. The molecule has 0 saturated carbocycles. The van der Waals surface area contributed by atoms with Gasteiger partial charge in [0.15, 0.2) is 0 Å². The van der Waals surface area contributed by atoms with Crippen LogP contribution < -0.4 is 5.32 Å². The summed E-state index contributed by atoms with van der Waals surface area (Å²) < 4.78 is 0. The highest BCUT2D eigenvalue weighted by molar-refractivity contribution is 4.94. The predicted octanol–water partition coefficient (Wildman–Crippen LogP) is 0.785. The Hall–Kier alpha value is -0.740. The van der Waals surface area contributed by atoms with Crippen molar-refractivity contribution in [1.29, 1.82) is 0 Å². The Morgan fingerprint density at radius 3 is 2.88 bits per heavy atom. The van der Waals surface area contributed by atoms with Gasteiger partial charge in [-0.05, 0) is 6.92 Å². The maximum absolute atomic E-state index is 4.97. The summed E-state index contributed by atoms with van der Waals surface area (Å²) in [7, 11) is 0. The van der Waals surface area contributed by atoms with Crippen molar-refractivity contribution >= 4 is 0 Å². The average molecular weight is 109 g/mol. The SMILES string of the molecule is C#CCNCC(=C)C. The quantitative estimate of drug-likeness (QED) is 0.321. The zero-order valence-electron chi connectivity index (χ0n) is 5.20. The van der Waals surface area contributed by atoms with Crippen LogP contribution in [-0.4, -0.2) is 13.1 Å². The van der Waals surface area contributed by atoms with Crippen LogP contribution in [0.25, 0.3) is 0 Å². The first-order chi connectivity index (χ1) is 3.77. The number of hydrogen-bond donors (Lipinski definition) is 1. The standard InChI is InChI=1S/C7H11N/c1-4-5-8-6-7(2)3/h1,8H,2,5-6H2,3H3. The molecular formula is C7H11N. The van der Waals surface area contributed by atoms with E-state index in [1.54, 1.807) is 0 Å². The number of rotatable bonds is 3. The van der Waals surface area contributed by atoms with E-state index in [1.165, 1.54) is 0 Å². The molecule has 0 spiro atoms. The van der Waals surface area contributed by atoms with Gasteiger partial charge < -0.3 is 5.32 Å². The van der Waals surface area contributed by atoms with Crippen molar-refractivity contribution in [2.24, 2.45) is 0 Å². The van der Waals surface area contributed by atoms with Crippen LogP contribution in [0.2, 0.25) is 0 Å². The summed E-state index contributed by atoms with van der Waals surface area (Å²) >= 11 is 0. The maximum Gasteiger partial charge on any atom is 0.0576 e. The first kappa shape index (κ1) is 7.26. The summed E-state index contributed by atoms with van der Waals surface area (Å²) in [5, 5.41) is 3.00. The minimum Gasteiger partial charge on any atom is -0.302 e. The summed E-state index contributed by atoms with van der Waals surface area (Å²) in [5.74, 6) is 2.47. The average Bonchev–Trinajstić information content (AvgIpc) is 1.66. The van der Waals surface area contributed by atoms with Gasteiger partial charge in [0.1, 0.15) is 0 Å². The topological polar surface area (TPSA) is 12.0 Å². The molecular weight excluding hydrogens is 98.1 g/mol. The molecule has 0 aliphatic heterocycles. The van der Waals surface area contributed by atoms with E-state index in [0.29, 0.717) is 6.54 Å². The van der Waals surface area contributed by atoms with E-state index in [2.05, 4.69) is 17.8 Å². The fourth-order valence-electron chi connectivity index (χ4n) is 0.348. The lowest BCUT2D eigenvalue weighted by Crippen LogP contribution is -2.15. The van der Waals surface area contributed by atoms with Crippen LogP contribution in [0.5, 0.6) is 0 Å². The molecule has 0 saturated heterocycles. The van der Waals surface area contributed by atoms with Crippen LogP contribution in [0.4, 0.5) is 0 Å². The van der Waals surface area contributed by atoms with Gasteiger partial charge in [0.05, 0.1) is 6.54 Å². The van der Waals surface area contributed by atoms with E-state index in [9.17, 15) is 0 Å². The van der Waals surface area contributed by atoms with Crippen molar-refractivity contribution in [2.75, 3.05) is 13.1 Å². The number of hydrogen-bond acceptors (Lipinski definition) is 1. The van der Waals surface area contributed by atoms with Gasteiger partial charge in [0, 0.05) is 6.54 Å². The van der Waals surface area contributed by atoms with Crippen LogP contribution in [0.3, 0.4) is 0 Å². The number of nitrogens with one attached hydrogen (secondary N) is 1. The van der Waals surface area contributed by atoms with Gasteiger partial charge in [0.2, 0.25) is 0 Å². The van der Waals surface area contributed by atoms with E-state index in [4.69, 9.17) is 6.42 Å². The van der Waals surface area contributed by atoms with Gasteiger partial charge in [-0.25, -0.2) is 0 Å². The third-order valence-corrected chi connectivity index (χ3v) is 0.654. The largest absolute Gasteiger partial charge is 0.302 e. The van der Waals surface area contributed by atoms with Gasteiger partial charge >= 0.3 is 0 Å². The second-order valence-corrected chi connectivity index (χ2v) is 1.76. The van der Waals surface area contributed by atoms with Crippen molar-refractivity contribution in [2.45, 2.75) is 6.92 Å². The molecule has 0 aliphatic carbocycles. The van der Waals surface area contributed by atoms with Crippen LogP contribution in [0, 0.1) is 12.3 Å². The molecule has 0 aromatic heterocycles. The molecule has 0 aromatic carbocycles. The molecule has 0 radical (unpaired) electrons. The molecule has 44 valence electrons. The molecule has 0 heterocycles. The molecule has 0 fully saturated rings. The summed E-state index contributed by atoms with van der Waals surface area (Å²) in [4.78, 5) is 0. The van der Waals surface area contributed by atoms with Gasteiger partial charge in [0.25, 0.3) is 0 Å². The molecule has 1 heteroatoms. The molecule has 1 nitrogen and oxygen atoms in total. The molecule has 0 rings (SSSR count). The van der Waals surface area contributed by atoms with E-state index in [1.807, 2.05) is 6.92 Å². The molecule has 0 amide bonds. The van der Waals surface area contributed by atoms with Crippen LogP contribution in [0.1, 0.15) is 6.92 Å². The highest BCUT2D eigenvalue weighted by Gasteiger charge is 1.79. The second-order valence-electron chi connectivity index (χ2n) is 1.76. The highest BCUT2D eigenvalue weighted by Crippen LogP contribution is 1.78. The van der Waals surface area contributed by atoms with E-state index >= 15 is 0 Å². The Kier molecular flexibility index (Phi) is 4.01. The third kappa shape index (κ3) is 5.26. The summed E-state index contributed by atoms with van der Waals surface area (Å²) in [6, 6.07) is 0. The highest BCUT2D eigenvalue weighted by atomic mass is 14.8. The zero-order valence-corrected chi connectivity index (χ0v) is 5.20. The smallest absolute Gasteiger partial charge is 0.0576 e. The molecule has 0 aliphatic rings. The maximum atomic E-state index is 4.97. The molecule has 0 aromatic rings. The summed E-state index contributed by atoms with van der Waals surface area (Å²) in [5.41, 5.74) is 1.11. The lowest BCUT2D eigenvalue weighted by Gasteiger charge is -1.95. The van der Waals surface area contributed by atoms with Crippen molar-refractivity contribution in [3.63, 3.8) is 0 Å². The van der Waals surface area contributed by atoms with E-state index in [0.717, 1.165) is 12.1 Å². The Labute approximate surface area is 50.8 Å². The van der Waals surface area contributed by atoms with Crippen molar-refractivity contribution in [3.8, 4) is 12.3 Å². The van der Waals surface area contributed by atoms with Crippen LogP contribution in [0.15, 0.2) is 12.2 Å². The van der Waals surface area contributed by atoms with Crippen molar-refractivity contribution in [3.05, 3.63) is 12.2 Å². The lowest BCUT2D eigenvalue weighted by atomic mass is 10.3. The van der Waals surface area contributed by atoms with Gasteiger partial charge in [-0.1, -0.05) is 18.1 Å². The number of terminal acetylenes is 1. The second kappa shape index (κ2) is 4.42. The lowest BCUT2D eigenvalue weighted by molar-refractivity contribution is 0.829. The molecule has 0 bridgehead atoms. The predicted molar refractivity (Wildman–Crippen MR) is 36.5 cm³/mol. The Bertz CT molecular complexity index is 108. The fraction of sp³-hybridized carbons (Fsp3) is 0.429. The zero-order chi connectivity index (χ0) is 6.41. The Balaban J connectivity index is 2.97. The molecule has 0 unspecified atom stereocenters. The van der Waals surface area contributed by atoms with Crippen LogP contribution >= 0.6 is 0 Å². The van der Waals surface area contributed by atoms with Crippen LogP contribution in [-0.2, 0) is 0 Å². The fourth-order valence-corrected chi connectivity index (χ4v) is 0.348. The Morgan fingerprint density at radius 2 is 2.50 bits per heavy atom. The molecule has 8 heavy (non-hydrogen) atoms. The van der Waals surface area contributed by atoms with E-state index < -0.39 is 0 Å². The van der Waals surface area contributed by atoms with Crippen molar-refractivity contribution < 1.29 is 0 Å². The summed E-state index contributed by atoms with van der Waals surface area (Å²) in [6.45, 7) is 7.11. The minimum absolute atomic E-state index is 0.632. The minimum atomic E-state index is 0.632. The van der Waals surface area contributed by atoms with Crippen molar-refractivity contribution in [1.82, 2.24) is 5.32 Å². The molecule has 1 N–H and O–H groups in total. The van der Waals surface area contributed by atoms with Gasteiger partial charge in [-0.2, -0.15) is 0 Å². The van der Waals surface area contributed by atoms with Gasteiger partial charge in [-0.3, -0.25) is 0 Å². The normalized spacial score (nSPS) is 8.00.